The average molecular weight is 414 g/mol. The highest BCUT2D eigenvalue weighted by Gasteiger charge is 2.25. The Kier molecular flexibility index (Phi) is 6.15. The first kappa shape index (κ1) is 19.9. The number of nitrogens with zero attached hydrogens (tertiary/aromatic N) is 6. The molecular formula is C20H27N7OS. The van der Waals surface area contributed by atoms with Crippen LogP contribution in [0.3, 0.4) is 0 Å². The monoisotopic (exact) mass is 413 g/mol. The number of aryl methyl sites for hydroxylation is 2. The minimum absolute atomic E-state index is 0.0538. The van der Waals surface area contributed by atoms with Gasteiger partial charge in [-0.25, -0.2) is 4.98 Å². The molecular weight excluding hydrogens is 386 g/mol. The first-order valence-electron chi connectivity index (χ1n) is 10.1. The highest BCUT2D eigenvalue weighted by molar-refractivity contribution is 7.99. The van der Waals surface area contributed by atoms with Crippen LogP contribution in [0.5, 0.6) is 0 Å². The van der Waals surface area contributed by atoms with Gasteiger partial charge in [0, 0.05) is 45.2 Å². The lowest BCUT2D eigenvalue weighted by molar-refractivity contribution is 0.0717. The van der Waals surface area contributed by atoms with Crippen molar-refractivity contribution in [3.63, 3.8) is 0 Å². The number of fused-ring (bicyclic) bond motifs is 1. The molecule has 8 nitrogen and oxygen atoms in total. The predicted octanol–water partition coefficient (Wildman–Crippen LogP) is 2.28. The molecule has 9 heteroatoms. The van der Waals surface area contributed by atoms with Gasteiger partial charge in [0.25, 0.3) is 5.91 Å². The van der Waals surface area contributed by atoms with Crippen molar-refractivity contribution in [3.05, 3.63) is 41.6 Å². The molecule has 3 aromatic rings. The van der Waals surface area contributed by atoms with Crippen LogP contribution >= 0.6 is 11.8 Å². The molecule has 29 heavy (non-hydrogen) atoms. The minimum Gasteiger partial charge on any atom is -0.337 e. The molecule has 4 heterocycles. The summed E-state index contributed by atoms with van der Waals surface area (Å²) in [6.07, 6.45) is 7.05. The molecule has 1 fully saturated rings. The smallest absolute Gasteiger partial charge is 0.274 e. The molecule has 0 atom stereocenters. The zero-order valence-electron chi connectivity index (χ0n) is 17.0. The van der Waals surface area contributed by atoms with E-state index in [1.165, 1.54) is 6.42 Å². The van der Waals surface area contributed by atoms with Crippen LogP contribution in [0, 0.1) is 6.92 Å². The standard InChI is InChI=1S/C20H27N7OS/c1-15-7-6-11-27-16(13-21-8-12-29-20-24-22-14-25(20)2)17(23-18(15)27)19(28)26-9-4-3-5-10-26/h6-7,11,14,21H,3-5,8-10,12-13H2,1-2H3. The Hall–Kier alpha value is -2.39. The van der Waals surface area contributed by atoms with Gasteiger partial charge in [-0.3, -0.25) is 4.79 Å². The van der Waals surface area contributed by atoms with E-state index in [4.69, 9.17) is 4.98 Å². The number of pyridine rings is 1. The molecule has 3 aromatic heterocycles. The second-order valence-electron chi connectivity index (χ2n) is 7.39. The molecule has 1 aliphatic rings. The fourth-order valence-corrected chi connectivity index (χ4v) is 4.45. The van der Waals surface area contributed by atoms with Gasteiger partial charge in [0.1, 0.15) is 12.0 Å². The molecule has 1 amide bonds. The van der Waals surface area contributed by atoms with Gasteiger partial charge in [-0.15, -0.1) is 10.2 Å². The van der Waals surface area contributed by atoms with Crippen LogP contribution in [0.2, 0.25) is 0 Å². The number of hydrogen-bond acceptors (Lipinski definition) is 6. The van der Waals surface area contributed by atoms with Crippen LogP contribution in [-0.4, -0.2) is 60.3 Å². The SMILES string of the molecule is Cc1cccn2c(CNCCSc3nncn3C)c(C(=O)N3CCCCC3)nc12. The highest BCUT2D eigenvalue weighted by atomic mass is 32.2. The fourth-order valence-electron chi connectivity index (χ4n) is 3.66. The van der Waals surface area contributed by atoms with Crippen molar-refractivity contribution >= 4 is 23.3 Å². The molecule has 4 rings (SSSR count). The Morgan fingerprint density at radius 2 is 2.10 bits per heavy atom. The largest absolute Gasteiger partial charge is 0.337 e. The van der Waals surface area contributed by atoms with Gasteiger partial charge in [0.2, 0.25) is 0 Å². The molecule has 1 saturated heterocycles. The molecule has 0 spiro atoms. The molecule has 1 aliphatic heterocycles. The molecule has 0 radical (unpaired) electrons. The first-order chi connectivity index (χ1) is 14.1. The maximum Gasteiger partial charge on any atom is 0.274 e. The normalized spacial score (nSPS) is 14.6. The van der Waals surface area contributed by atoms with Crippen LogP contribution in [-0.2, 0) is 13.6 Å². The van der Waals surface area contributed by atoms with Gasteiger partial charge in [0.15, 0.2) is 10.9 Å². The number of likely N-dealkylation sites (tertiary alicyclic amines) is 1. The number of imidazole rings is 1. The Morgan fingerprint density at radius 1 is 1.28 bits per heavy atom. The van der Waals surface area contributed by atoms with Crippen LogP contribution in [0.15, 0.2) is 29.8 Å². The minimum atomic E-state index is 0.0538. The van der Waals surface area contributed by atoms with Crippen LogP contribution in [0.4, 0.5) is 0 Å². The van der Waals surface area contributed by atoms with Crippen molar-refractivity contribution in [1.82, 2.24) is 34.4 Å². The Bertz CT molecular complexity index is 990. The number of carbonyl (C=O) groups is 1. The molecule has 0 aromatic carbocycles. The lowest BCUT2D eigenvalue weighted by Gasteiger charge is -2.26. The van der Waals surface area contributed by atoms with E-state index in [9.17, 15) is 4.79 Å². The van der Waals surface area contributed by atoms with E-state index in [0.717, 1.165) is 60.3 Å². The van der Waals surface area contributed by atoms with Crippen molar-refractivity contribution in [2.24, 2.45) is 7.05 Å². The van der Waals surface area contributed by atoms with Gasteiger partial charge in [-0.1, -0.05) is 17.8 Å². The summed E-state index contributed by atoms with van der Waals surface area (Å²) in [5.41, 5.74) is 3.44. The van der Waals surface area contributed by atoms with Crippen molar-refractivity contribution in [1.29, 1.82) is 0 Å². The van der Waals surface area contributed by atoms with E-state index < -0.39 is 0 Å². The van der Waals surface area contributed by atoms with E-state index in [1.54, 1.807) is 18.1 Å². The van der Waals surface area contributed by atoms with E-state index in [1.807, 2.05) is 41.8 Å². The van der Waals surface area contributed by atoms with Crippen LogP contribution in [0.1, 0.15) is 41.0 Å². The van der Waals surface area contributed by atoms with E-state index in [2.05, 4.69) is 19.9 Å². The van der Waals surface area contributed by atoms with E-state index >= 15 is 0 Å². The third kappa shape index (κ3) is 4.30. The van der Waals surface area contributed by atoms with Crippen molar-refractivity contribution in [2.75, 3.05) is 25.4 Å². The molecule has 0 saturated carbocycles. The summed E-state index contributed by atoms with van der Waals surface area (Å²) < 4.78 is 3.96. The summed E-state index contributed by atoms with van der Waals surface area (Å²) >= 11 is 1.66. The number of piperidine rings is 1. The quantitative estimate of drug-likeness (QED) is 0.473. The summed E-state index contributed by atoms with van der Waals surface area (Å²) in [5.74, 6) is 0.926. The lowest BCUT2D eigenvalue weighted by Crippen LogP contribution is -2.36. The summed E-state index contributed by atoms with van der Waals surface area (Å²) in [7, 11) is 1.94. The number of amides is 1. The second kappa shape index (κ2) is 8.96. The Labute approximate surface area is 174 Å². The topological polar surface area (TPSA) is 80.3 Å². The zero-order valence-corrected chi connectivity index (χ0v) is 17.8. The van der Waals surface area contributed by atoms with Gasteiger partial charge < -0.3 is 19.2 Å². The van der Waals surface area contributed by atoms with Gasteiger partial charge in [-0.05, 0) is 37.8 Å². The number of rotatable bonds is 7. The van der Waals surface area contributed by atoms with E-state index in [-0.39, 0.29) is 5.91 Å². The van der Waals surface area contributed by atoms with E-state index in [0.29, 0.717) is 12.2 Å². The van der Waals surface area contributed by atoms with Gasteiger partial charge in [0.05, 0.1) is 5.69 Å². The number of thioether (sulfide) groups is 1. The molecule has 0 bridgehead atoms. The number of hydrogen-bond donors (Lipinski definition) is 1. The van der Waals surface area contributed by atoms with Gasteiger partial charge in [-0.2, -0.15) is 0 Å². The lowest BCUT2D eigenvalue weighted by atomic mass is 10.1. The Morgan fingerprint density at radius 3 is 2.86 bits per heavy atom. The maximum absolute atomic E-state index is 13.2. The number of aromatic nitrogens is 5. The fraction of sp³-hybridized carbons (Fsp3) is 0.500. The summed E-state index contributed by atoms with van der Waals surface area (Å²) in [6, 6.07) is 4.04. The van der Waals surface area contributed by atoms with Gasteiger partial charge >= 0.3 is 0 Å². The summed E-state index contributed by atoms with van der Waals surface area (Å²) in [6.45, 7) is 5.08. The molecule has 0 aliphatic carbocycles. The second-order valence-corrected chi connectivity index (χ2v) is 8.46. The van der Waals surface area contributed by atoms with Crippen LogP contribution in [0.25, 0.3) is 5.65 Å². The third-order valence-corrected chi connectivity index (χ3v) is 6.30. The molecule has 0 unspecified atom stereocenters. The Balaban J connectivity index is 1.48. The molecule has 154 valence electrons. The van der Waals surface area contributed by atoms with Crippen molar-refractivity contribution in [2.45, 2.75) is 37.9 Å². The van der Waals surface area contributed by atoms with Crippen molar-refractivity contribution in [3.8, 4) is 0 Å². The first-order valence-corrected chi connectivity index (χ1v) is 11.1. The summed E-state index contributed by atoms with van der Waals surface area (Å²) in [5, 5.41) is 12.4. The molecule has 1 N–H and O–H groups in total. The third-order valence-electron chi connectivity index (χ3n) is 5.26. The van der Waals surface area contributed by atoms with Crippen molar-refractivity contribution < 1.29 is 4.79 Å². The number of carbonyl (C=O) groups excluding carboxylic acids is 1. The summed E-state index contributed by atoms with van der Waals surface area (Å²) in [4.78, 5) is 19.9. The average Bonchev–Trinajstić information content (AvgIpc) is 3.32. The maximum atomic E-state index is 13.2. The van der Waals surface area contributed by atoms with Crippen LogP contribution < -0.4 is 5.32 Å². The zero-order chi connectivity index (χ0) is 20.2. The number of nitrogens with one attached hydrogen (secondary N) is 1. The highest BCUT2D eigenvalue weighted by Crippen LogP contribution is 2.20. The predicted molar refractivity (Wildman–Crippen MR) is 113 cm³/mol.